The molecule has 12 heavy (non-hydrogen) atoms. The first-order valence-electron chi connectivity index (χ1n) is 3.64. The fourth-order valence-electron chi connectivity index (χ4n) is 1.20. The first kappa shape index (κ1) is 9.60. The summed E-state index contributed by atoms with van der Waals surface area (Å²) in [6, 6.07) is -0.811. The second-order valence-corrected chi connectivity index (χ2v) is 2.88. The summed E-state index contributed by atoms with van der Waals surface area (Å²) in [7, 11) is 0. The summed E-state index contributed by atoms with van der Waals surface area (Å²) in [4.78, 5) is 0. The van der Waals surface area contributed by atoms with Crippen LogP contribution in [0.25, 0.3) is 0 Å². The molecule has 0 aromatic heterocycles. The van der Waals surface area contributed by atoms with Gasteiger partial charge in [0.05, 0.1) is 6.04 Å². The van der Waals surface area contributed by atoms with Gasteiger partial charge in [0, 0.05) is 0 Å². The number of rotatable bonds is 1. The Morgan fingerprint density at radius 1 is 1.33 bits per heavy atom. The van der Waals surface area contributed by atoms with Gasteiger partial charge in [0.2, 0.25) is 0 Å². The Hall–Kier alpha value is -0.490. The van der Waals surface area contributed by atoms with Crippen molar-refractivity contribution in [3.05, 3.63) is 11.6 Å². The highest BCUT2D eigenvalue weighted by molar-refractivity contribution is 5.20. The van der Waals surface area contributed by atoms with Crippen LogP contribution in [0.3, 0.4) is 0 Å². The van der Waals surface area contributed by atoms with E-state index >= 15 is 0 Å². The molecule has 0 aromatic carbocycles. The summed E-state index contributed by atoms with van der Waals surface area (Å²) in [5.41, 5.74) is 5.36. The molecular weight excluding hydrogens is 165 g/mol. The number of alkyl halides is 1. The minimum Gasteiger partial charge on any atom is -0.388 e. The summed E-state index contributed by atoms with van der Waals surface area (Å²) >= 11 is 0. The molecule has 0 radical (unpaired) electrons. The smallest absolute Gasteiger partial charge is 0.113 e. The lowest BCUT2D eigenvalue weighted by molar-refractivity contribution is -0.0583. The first-order valence-corrected chi connectivity index (χ1v) is 3.64. The molecule has 1 rings (SSSR count). The third-order valence-electron chi connectivity index (χ3n) is 2.01. The number of aliphatic hydroxyl groups excluding tert-OH is 3. The fraction of sp³-hybridized carbons (Fsp3) is 0.714. The largest absolute Gasteiger partial charge is 0.388 e. The van der Waals surface area contributed by atoms with Crippen LogP contribution in [0.2, 0.25) is 0 Å². The molecule has 1 aliphatic rings. The quantitative estimate of drug-likeness (QED) is 0.360. The molecule has 0 aliphatic heterocycles. The van der Waals surface area contributed by atoms with Gasteiger partial charge in [-0.1, -0.05) is 6.08 Å². The fourth-order valence-corrected chi connectivity index (χ4v) is 1.20. The van der Waals surface area contributed by atoms with Gasteiger partial charge in [-0.15, -0.1) is 0 Å². The summed E-state index contributed by atoms with van der Waals surface area (Å²) in [6.07, 6.45) is -2.72. The molecule has 5 heteroatoms. The van der Waals surface area contributed by atoms with Crippen LogP contribution < -0.4 is 5.73 Å². The van der Waals surface area contributed by atoms with Crippen LogP contribution in [-0.4, -0.2) is 46.3 Å². The lowest BCUT2D eigenvalue weighted by atomic mass is 9.89. The molecule has 0 unspecified atom stereocenters. The molecule has 4 atom stereocenters. The minimum absolute atomic E-state index is 0.0281. The van der Waals surface area contributed by atoms with Gasteiger partial charge < -0.3 is 21.1 Å². The van der Waals surface area contributed by atoms with Crippen molar-refractivity contribution >= 4 is 0 Å². The molecule has 0 spiro atoms. The topological polar surface area (TPSA) is 86.7 Å². The molecule has 0 saturated heterocycles. The maximum Gasteiger partial charge on any atom is 0.113 e. The number of hydrogen-bond donors (Lipinski definition) is 4. The van der Waals surface area contributed by atoms with Gasteiger partial charge in [-0.2, -0.15) is 0 Å². The molecule has 70 valence electrons. The number of halogens is 1. The zero-order valence-corrected chi connectivity index (χ0v) is 6.39. The molecule has 0 heterocycles. The summed E-state index contributed by atoms with van der Waals surface area (Å²) in [5, 5.41) is 27.4. The first-order chi connectivity index (χ1) is 5.57. The Labute approximate surface area is 69.1 Å². The van der Waals surface area contributed by atoms with Crippen molar-refractivity contribution in [1.82, 2.24) is 0 Å². The molecular formula is C7H12FNO3. The normalized spacial score (nSPS) is 42.6. The Morgan fingerprint density at radius 3 is 2.42 bits per heavy atom. The van der Waals surface area contributed by atoms with Crippen molar-refractivity contribution in [3.8, 4) is 0 Å². The van der Waals surface area contributed by atoms with E-state index < -0.39 is 31.0 Å². The molecule has 0 bridgehead atoms. The lowest BCUT2D eigenvalue weighted by Crippen LogP contribution is -2.52. The highest BCUT2D eigenvalue weighted by atomic mass is 19.1. The summed E-state index contributed by atoms with van der Waals surface area (Å²) < 4.78 is 12.1. The van der Waals surface area contributed by atoms with E-state index in [1.165, 1.54) is 6.08 Å². The van der Waals surface area contributed by atoms with Crippen LogP contribution in [0.5, 0.6) is 0 Å². The number of aliphatic hydroxyl groups is 3. The van der Waals surface area contributed by atoms with Crippen molar-refractivity contribution in [3.63, 3.8) is 0 Å². The van der Waals surface area contributed by atoms with E-state index in [0.29, 0.717) is 0 Å². The van der Waals surface area contributed by atoms with E-state index in [2.05, 4.69) is 0 Å². The van der Waals surface area contributed by atoms with E-state index in [1.54, 1.807) is 0 Å². The molecule has 4 nitrogen and oxygen atoms in total. The SMILES string of the molecule is N[C@H]1C=C(CF)[C@@H](O)[C@H](O)[C@H]1O. The number of nitrogens with two attached hydrogens (primary N) is 1. The van der Waals surface area contributed by atoms with Gasteiger partial charge in [-0.05, 0) is 5.57 Å². The Bertz CT molecular complexity index is 197. The third kappa shape index (κ3) is 1.49. The van der Waals surface area contributed by atoms with Crippen LogP contribution in [0.1, 0.15) is 0 Å². The Balaban J connectivity index is 2.84. The Kier molecular flexibility index (Phi) is 2.79. The second kappa shape index (κ2) is 3.49. The average molecular weight is 177 g/mol. The van der Waals surface area contributed by atoms with E-state index in [-0.39, 0.29) is 5.57 Å². The predicted molar refractivity (Wildman–Crippen MR) is 40.1 cm³/mol. The number of hydrogen-bond acceptors (Lipinski definition) is 4. The minimum atomic E-state index is -1.39. The van der Waals surface area contributed by atoms with Crippen molar-refractivity contribution in [2.45, 2.75) is 24.4 Å². The second-order valence-electron chi connectivity index (χ2n) is 2.88. The third-order valence-corrected chi connectivity index (χ3v) is 2.01. The van der Waals surface area contributed by atoms with Gasteiger partial charge in [0.15, 0.2) is 0 Å². The molecule has 1 aliphatic carbocycles. The van der Waals surface area contributed by atoms with Gasteiger partial charge in [-0.3, -0.25) is 0 Å². The molecule has 5 N–H and O–H groups in total. The van der Waals surface area contributed by atoms with Crippen LogP contribution in [0.15, 0.2) is 11.6 Å². The average Bonchev–Trinajstić information content (AvgIpc) is 2.08. The van der Waals surface area contributed by atoms with Gasteiger partial charge >= 0.3 is 0 Å². The highest BCUT2D eigenvalue weighted by Crippen LogP contribution is 2.19. The Morgan fingerprint density at radius 2 is 1.92 bits per heavy atom. The van der Waals surface area contributed by atoms with Crippen LogP contribution >= 0.6 is 0 Å². The maximum atomic E-state index is 12.1. The van der Waals surface area contributed by atoms with Gasteiger partial charge in [-0.25, -0.2) is 4.39 Å². The monoisotopic (exact) mass is 177 g/mol. The molecule has 0 amide bonds. The molecule has 0 aromatic rings. The standard InChI is InChI=1S/C7H12FNO3/c8-2-3-1-4(9)6(11)7(12)5(3)10/h1,4-7,10-12H,2,9H2/t4-,5+,6-,7-/m0/s1. The van der Waals surface area contributed by atoms with Crippen molar-refractivity contribution in [2.24, 2.45) is 5.73 Å². The highest BCUT2D eigenvalue weighted by Gasteiger charge is 2.35. The summed E-state index contributed by atoms with van der Waals surface area (Å²) in [6.45, 7) is -0.862. The lowest BCUT2D eigenvalue weighted by Gasteiger charge is -2.31. The zero-order valence-electron chi connectivity index (χ0n) is 6.39. The van der Waals surface area contributed by atoms with Crippen molar-refractivity contribution in [1.29, 1.82) is 0 Å². The van der Waals surface area contributed by atoms with Crippen molar-refractivity contribution < 1.29 is 19.7 Å². The van der Waals surface area contributed by atoms with E-state index in [0.717, 1.165) is 0 Å². The van der Waals surface area contributed by atoms with Gasteiger partial charge in [0.1, 0.15) is 25.0 Å². The maximum absolute atomic E-state index is 12.1. The molecule has 0 fully saturated rings. The van der Waals surface area contributed by atoms with E-state index in [4.69, 9.17) is 21.1 Å². The molecule has 0 saturated carbocycles. The van der Waals surface area contributed by atoms with Crippen LogP contribution in [-0.2, 0) is 0 Å². The predicted octanol–water partition coefficient (Wildman–Crippen LogP) is -1.69. The van der Waals surface area contributed by atoms with E-state index in [9.17, 15) is 4.39 Å². The van der Waals surface area contributed by atoms with E-state index in [1.807, 2.05) is 0 Å². The van der Waals surface area contributed by atoms with Crippen molar-refractivity contribution in [2.75, 3.05) is 6.67 Å². The van der Waals surface area contributed by atoms with Crippen LogP contribution in [0, 0.1) is 0 Å². The zero-order chi connectivity index (χ0) is 9.30. The van der Waals surface area contributed by atoms with Crippen LogP contribution in [0.4, 0.5) is 4.39 Å². The summed E-state index contributed by atoms with van der Waals surface area (Å²) in [5.74, 6) is 0. The van der Waals surface area contributed by atoms with Gasteiger partial charge in [0.25, 0.3) is 0 Å².